The lowest BCUT2D eigenvalue weighted by Crippen LogP contribution is -2.61. The van der Waals surface area contributed by atoms with Gasteiger partial charge in [0.15, 0.2) is 5.54 Å². The maximum atomic E-state index is 15.0. The summed E-state index contributed by atoms with van der Waals surface area (Å²) in [4.78, 5) is 13.1. The Bertz CT molecular complexity index is 1320. The summed E-state index contributed by atoms with van der Waals surface area (Å²) in [7, 11) is -4.71. The number of carbonyl (C=O) groups is 1. The smallest absolute Gasteiger partial charge is 0.417 e. The molecule has 214 valence electrons. The third kappa shape index (κ3) is 6.77. The standard InChI is InChI=1S/C27H29F6NO4S/c1-24(2,3)20-8-6-18(7-9-20)19-16-23(35)34(39(4,36)37)25(17-19,27(31,32)33)21-10-12-22(13-11-21)38-15-5-14-26(28,29)30/h6-13,16H,5,14-15,17H2,1-4H3/t25-/m0/s1. The van der Waals surface area contributed by atoms with Crippen LogP contribution in [0.15, 0.2) is 54.6 Å². The molecule has 1 heterocycles. The average molecular weight is 578 g/mol. The monoisotopic (exact) mass is 577 g/mol. The highest BCUT2D eigenvalue weighted by molar-refractivity contribution is 7.89. The van der Waals surface area contributed by atoms with Crippen molar-refractivity contribution in [2.45, 2.75) is 63.3 Å². The number of amides is 1. The summed E-state index contributed by atoms with van der Waals surface area (Å²) in [5.41, 5.74) is -2.77. The normalized spacial score (nSPS) is 19.2. The zero-order valence-electron chi connectivity index (χ0n) is 21.8. The van der Waals surface area contributed by atoms with Gasteiger partial charge in [0.2, 0.25) is 10.0 Å². The summed E-state index contributed by atoms with van der Waals surface area (Å²) in [6, 6.07) is 10.8. The lowest BCUT2D eigenvalue weighted by Gasteiger charge is -2.46. The van der Waals surface area contributed by atoms with Gasteiger partial charge in [-0.2, -0.15) is 26.3 Å². The molecule has 3 rings (SSSR count). The largest absolute Gasteiger partial charge is 0.494 e. The first-order valence-electron chi connectivity index (χ1n) is 12.0. The Morgan fingerprint density at radius 1 is 0.923 bits per heavy atom. The Morgan fingerprint density at radius 2 is 1.49 bits per heavy atom. The van der Waals surface area contributed by atoms with Gasteiger partial charge in [-0.15, -0.1) is 0 Å². The maximum Gasteiger partial charge on any atom is 0.417 e. The van der Waals surface area contributed by atoms with Gasteiger partial charge in [-0.3, -0.25) is 4.79 Å². The molecule has 0 fully saturated rings. The van der Waals surface area contributed by atoms with Gasteiger partial charge in [-0.1, -0.05) is 57.2 Å². The van der Waals surface area contributed by atoms with Crippen LogP contribution in [0.5, 0.6) is 5.75 Å². The molecule has 0 saturated carbocycles. The summed E-state index contributed by atoms with van der Waals surface area (Å²) in [5.74, 6) is -1.34. The molecular formula is C27H29F6NO4S. The Hall–Kier alpha value is -3.02. The van der Waals surface area contributed by atoms with E-state index in [1.165, 1.54) is 0 Å². The topological polar surface area (TPSA) is 63.7 Å². The molecular weight excluding hydrogens is 548 g/mol. The lowest BCUT2D eigenvalue weighted by atomic mass is 9.78. The molecule has 12 heteroatoms. The van der Waals surface area contributed by atoms with Crippen molar-refractivity contribution < 1.29 is 44.3 Å². The number of carbonyl (C=O) groups excluding carboxylic acids is 1. The number of ether oxygens (including phenoxy) is 1. The Kier molecular flexibility index (Phi) is 8.23. The molecule has 2 aromatic rings. The second kappa shape index (κ2) is 10.5. The van der Waals surface area contributed by atoms with Crippen LogP contribution in [-0.4, -0.2) is 43.8 Å². The number of halogens is 6. The van der Waals surface area contributed by atoms with Crippen molar-refractivity contribution in [2.24, 2.45) is 0 Å². The van der Waals surface area contributed by atoms with E-state index in [9.17, 15) is 39.6 Å². The minimum Gasteiger partial charge on any atom is -0.494 e. The van der Waals surface area contributed by atoms with Crippen molar-refractivity contribution >= 4 is 21.5 Å². The Morgan fingerprint density at radius 3 is 1.95 bits per heavy atom. The van der Waals surface area contributed by atoms with Crippen molar-refractivity contribution in [3.8, 4) is 5.75 Å². The summed E-state index contributed by atoms with van der Waals surface area (Å²) < 4.78 is 112. The second-order valence-corrected chi connectivity index (χ2v) is 12.3. The Labute approximate surface area is 223 Å². The van der Waals surface area contributed by atoms with Crippen LogP contribution in [0.2, 0.25) is 0 Å². The molecule has 1 amide bonds. The molecule has 39 heavy (non-hydrogen) atoms. The van der Waals surface area contributed by atoms with Crippen LogP contribution in [0.25, 0.3) is 5.57 Å². The summed E-state index contributed by atoms with van der Waals surface area (Å²) in [6.45, 7) is 5.57. The molecule has 1 aliphatic rings. The van der Waals surface area contributed by atoms with E-state index in [1.807, 2.05) is 20.8 Å². The first-order valence-corrected chi connectivity index (χ1v) is 13.8. The molecule has 5 nitrogen and oxygen atoms in total. The van der Waals surface area contributed by atoms with E-state index in [-0.39, 0.29) is 34.1 Å². The number of alkyl halides is 6. The fraction of sp³-hybridized carbons (Fsp3) is 0.444. The number of sulfonamides is 1. The van der Waals surface area contributed by atoms with Gasteiger partial charge in [-0.25, -0.2) is 12.7 Å². The van der Waals surface area contributed by atoms with Crippen molar-refractivity contribution in [3.63, 3.8) is 0 Å². The van der Waals surface area contributed by atoms with Gasteiger partial charge in [0, 0.05) is 18.9 Å². The average Bonchev–Trinajstić information content (AvgIpc) is 2.79. The van der Waals surface area contributed by atoms with Crippen molar-refractivity contribution in [3.05, 3.63) is 71.3 Å². The minimum atomic E-state index is -5.23. The summed E-state index contributed by atoms with van der Waals surface area (Å²) >= 11 is 0. The fourth-order valence-electron chi connectivity index (χ4n) is 4.50. The highest BCUT2D eigenvalue weighted by atomic mass is 32.2. The highest BCUT2D eigenvalue weighted by Crippen LogP contribution is 2.53. The van der Waals surface area contributed by atoms with Crippen LogP contribution in [0.1, 0.15) is 56.7 Å². The molecule has 0 bridgehead atoms. The fourth-order valence-corrected chi connectivity index (χ4v) is 5.72. The van der Waals surface area contributed by atoms with Crippen LogP contribution >= 0.6 is 0 Å². The van der Waals surface area contributed by atoms with E-state index in [4.69, 9.17) is 4.74 Å². The van der Waals surface area contributed by atoms with Crippen molar-refractivity contribution in [1.82, 2.24) is 4.31 Å². The van der Waals surface area contributed by atoms with Gasteiger partial charge in [-0.05, 0) is 46.2 Å². The zero-order chi connectivity index (χ0) is 29.4. The predicted octanol–water partition coefficient (Wildman–Crippen LogP) is 6.74. The number of nitrogens with zero attached hydrogens (tertiary/aromatic N) is 1. The maximum absolute atomic E-state index is 15.0. The minimum absolute atomic E-state index is 0.000162. The number of hydrogen-bond donors (Lipinski definition) is 0. The molecule has 1 aliphatic heterocycles. The van der Waals surface area contributed by atoms with Crippen LogP contribution in [-0.2, 0) is 25.8 Å². The highest BCUT2D eigenvalue weighted by Gasteiger charge is 2.65. The second-order valence-electron chi connectivity index (χ2n) is 10.5. The number of rotatable bonds is 7. The first kappa shape index (κ1) is 30.5. The molecule has 0 spiro atoms. The van der Waals surface area contributed by atoms with Crippen molar-refractivity contribution in [1.29, 1.82) is 0 Å². The van der Waals surface area contributed by atoms with Crippen LogP contribution < -0.4 is 4.74 Å². The molecule has 2 aromatic carbocycles. The molecule has 0 N–H and O–H groups in total. The van der Waals surface area contributed by atoms with Gasteiger partial charge >= 0.3 is 12.4 Å². The summed E-state index contributed by atoms with van der Waals surface area (Å²) in [5, 5.41) is 0. The first-order chi connectivity index (χ1) is 17.8. The van der Waals surface area contributed by atoms with Crippen molar-refractivity contribution in [2.75, 3.05) is 12.9 Å². The van der Waals surface area contributed by atoms with Gasteiger partial charge < -0.3 is 4.74 Å². The zero-order valence-corrected chi connectivity index (χ0v) is 22.6. The molecule has 0 radical (unpaired) electrons. The van der Waals surface area contributed by atoms with Crippen LogP contribution in [0.3, 0.4) is 0 Å². The molecule has 0 saturated heterocycles. The lowest BCUT2D eigenvalue weighted by molar-refractivity contribution is -0.221. The van der Waals surface area contributed by atoms with E-state index < -0.39 is 52.2 Å². The van der Waals surface area contributed by atoms with E-state index in [2.05, 4.69) is 0 Å². The number of benzene rings is 2. The SMILES string of the molecule is CC(C)(C)c1ccc(C2=CC(=O)N(S(C)(=O)=O)[C@@](c3ccc(OCCCC(F)(F)F)cc3)(C(F)(F)F)C2)cc1. The molecule has 1 atom stereocenters. The van der Waals surface area contributed by atoms with Crippen LogP contribution in [0, 0.1) is 0 Å². The quantitative estimate of drug-likeness (QED) is 0.270. The third-order valence-corrected chi connectivity index (χ3v) is 7.57. The van der Waals surface area contributed by atoms with E-state index in [0.29, 0.717) is 11.8 Å². The van der Waals surface area contributed by atoms with Gasteiger partial charge in [0.1, 0.15) is 5.75 Å². The third-order valence-electron chi connectivity index (χ3n) is 6.42. The van der Waals surface area contributed by atoms with E-state index >= 15 is 0 Å². The van der Waals surface area contributed by atoms with E-state index in [1.54, 1.807) is 24.3 Å². The molecule has 0 aromatic heterocycles. The Balaban J connectivity index is 2.06. The molecule has 0 aliphatic carbocycles. The molecule has 0 unspecified atom stereocenters. The van der Waals surface area contributed by atoms with E-state index in [0.717, 1.165) is 35.9 Å². The number of hydrogen-bond acceptors (Lipinski definition) is 4. The van der Waals surface area contributed by atoms with Gasteiger partial charge in [0.25, 0.3) is 5.91 Å². The van der Waals surface area contributed by atoms with Gasteiger partial charge in [0.05, 0.1) is 12.9 Å². The summed E-state index contributed by atoms with van der Waals surface area (Å²) in [6.07, 6.45) is -10.5. The predicted molar refractivity (Wildman–Crippen MR) is 134 cm³/mol. The van der Waals surface area contributed by atoms with Crippen LogP contribution in [0.4, 0.5) is 26.3 Å².